The van der Waals surface area contributed by atoms with Crippen molar-refractivity contribution in [2.75, 3.05) is 13.7 Å². The van der Waals surface area contributed by atoms with Crippen LogP contribution in [-0.4, -0.2) is 40.6 Å². The number of nitrogens with one attached hydrogen (secondary N) is 1. The van der Waals surface area contributed by atoms with E-state index in [9.17, 15) is 9.59 Å². The normalized spacial score (nSPS) is 15.2. The van der Waals surface area contributed by atoms with E-state index in [1.165, 1.54) is 18.9 Å². The zero-order valence-electron chi connectivity index (χ0n) is 22.8. The Morgan fingerprint density at radius 3 is 2.64 bits per heavy atom. The van der Waals surface area contributed by atoms with Gasteiger partial charge in [0.25, 0.3) is 5.91 Å². The highest BCUT2D eigenvalue weighted by Gasteiger charge is 2.33. The van der Waals surface area contributed by atoms with Crippen LogP contribution in [0.5, 0.6) is 5.75 Å². The molecule has 1 fully saturated rings. The largest absolute Gasteiger partial charge is 0.485 e. The highest BCUT2D eigenvalue weighted by molar-refractivity contribution is 8.18. The number of hydrogen-bond donors (Lipinski definition) is 1. The fourth-order valence-corrected chi connectivity index (χ4v) is 5.67. The summed E-state index contributed by atoms with van der Waals surface area (Å²) in [6, 6.07) is 28.4. The van der Waals surface area contributed by atoms with E-state index in [0.717, 1.165) is 27.7 Å². The third kappa shape index (κ3) is 5.87. The lowest BCUT2D eigenvalue weighted by molar-refractivity contribution is -0.122. The lowest BCUT2D eigenvalue weighted by Crippen LogP contribution is -2.31. The molecule has 0 radical (unpaired) electrons. The number of aliphatic imine (C=N–C) groups is 1. The predicted octanol–water partition coefficient (Wildman–Crippen LogP) is 6.97. The Morgan fingerprint density at radius 2 is 1.79 bits per heavy atom. The highest BCUT2D eigenvalue weighted by Crippen LogP contribution is 2.36. The Morgan fingerprint density at radius 1 is 1.00 bits per heavy atom. The van der Waals surface area contributed by atoms with E-state index in [-0.39, 0.29) is 18.3 Å². The number of nitrogens with zero attached hydrogens (tertiary/aromatic N) is 2. The summed E-state index contributed by atoms with van der Waals surface area (Å²) in [6.07, 6.45) is 4.51. The number of carbonyl (C=O) groups is 2. The molecule has 0 saturated carbocycles. The van der Waals surface area contributed by atoms with E-state index in [1.807, 2.05) is 85.1 Å². The van der Waals surface area contributed by atoms with Gasteiger partial charge < -0.3 is 18.9 Å². The summed E-state index contributed by atoms with van der Waals surface area (Å²) in [7, 11) is 1.30. The number of furan rings is 1. The number of amides is 1. The molecule has 1 saturated heterocycles. The molecule has 0 atom stereocenters. The average Bonchev–Trinajstić information content (AvgIpc) is 3.74. The first-order chi connectivity index (χ1) is 20.6. The number of rotatable bonds is 9. The smallest absolute Gasteiger partial charge is 0.373 e. The minimum absolute atomic E-state index is 0.107. The molecule has 0 unspecified atom stereocenters. The third-order valence-corrected chi connectivity index (χ3v) is 7.78. The molecule has 5 aromatic rings. The molecule has 1 amide bonds. The van der Waals surface area contributed by atoms with Gasteiger partial charge in [0, 0.05) is 29.2 Å². The minimum atomic E-state index is -0.551. The number of aromatic nitrogens is 1. The second-order valence-corrected chi connectivity index (χ2v) is 10.5. The average molecular weight is 578 g/mol. The molecule has 3 heterocycles. The van der Waals surface area contributed by atoms with Crippen molar-refractivity contribution in [3.63, 3.8) is 0 Å². The molecule has 1 aliphatic heterocycles. The zero-order chi connectivity index (χ0) is 28.9. The van der Waals surface area contributed by atoms with E-state index in [0.29, 0.717) is 34.5 Å². The van der Waals surface area contributed by atoms with Crippen LogP contribution in [0.1, 0.15) is 27.4 Å². The van der Waals surface area contributed by atoms with Crippen molar-refractivity contribution in [2.24, 2.45) is 4.99 Å². The Kier molecular flexibility index (Phi) is 7.91. The summed E-state index contributed by atoms with van der Waals surface area (Å²) in [6.45, 7) is 0.589. The van der Waals surface area contributed by atoms with Crippen LogP contribution < -0.4 is 4.74 Å². The molecule has 9 heteroatoms. The molecule has 0 spiro atoms. The van der Waals surface area contributed by atoms with Crippen molar-refractivity contribution >= 4 is 51.5 Å². The summed E-state index contributed by atoms with van der Waals surface area (Å²) in [5.74, 6) is 0.499. The maximum absolute atomic E-state index is 13.8. The number of amidine groups is 1. The van der Waals surface area contributed by atoms with Crippen LogP contribution in [-0.2, 0) is 22.6 Å². The number of aromatic amines is 1. The van der Waals surface area contributed by atoms with Gasteiger partial charge >= 0.3 is 5.97 Å². The lowest BCUT2D eigenvalue weighted by atomic mass is 10.1. The van der Waals surface area contributed by atoms with Crippen LogP contribution in [0.15, 0.2) is 112 Å². The molecule has 210 valence electrons. The Bertz CT molecular complexity index is 1800. The maximum atomic E-state index is 13.8. The first-order valence-corrected chi connectivity index (χ1v) is 14.2. The van der Waals surface area contributed by atoms with Crippen LogP contribution >= 0.6 is 11.8 Å². The summed E-state index contributed by atoms with van der Waals surface area (Å²) >= 11 is 1.34. The van der Waals surface area contributed by atoms with Gasteiger partial charge in [-0.25, -0.2) is 9.79 Å². The van der Waals surface area contributed by atoms with Gasteiger partial charge in [-0.3, -0.25) is 9.69 Å². The molecular weight excluding hydrogens is 550 g/mol. The number of carbonyl (C=O) groups excluding carboxylic acids is 2. The topological polar surface area (TPSA) is 97.1 Å². The molecule has 8 nitrogen and oxygen atoms in total. The number of para-hydroxylation sites is 3. The lowest BCUT2D eigenvalue weighted by Gasteiger charge is -2.15. The van der Waals surface area contributed by atoms with Gasteiger partial charge in [-0.1, -0.05) is 54.6 Å². The first kappa shape index (κ1) is 27.2. The molecule has 3 aromatic carbocycles. The Labute approximate surface area is 246 Å². The number of hydrogen-bond acceptors (Lipinski definition) is 7. The molecular formula is C33H27N3O5S. The van der Waals surface area contributed by atoms with Gasteiger partial charge in [0.05, 0.1) is 17.7 Å². The van der Waals surface area contributed by atoms with Gasteiger partial charge in [-0.05, 0) is 66.2 Å². The number of esters is 1. The van der Waals surface area contributed by atoms with Crippen molar-refractivity contribution in [2.45, 2.75) is 13.0 Å². The van der Waals surface area contributed by atoms with Crippen LogP contribution in [0.25, 0.3) is 17.0 Å². The second-order valence-electron chi connectivity index (χ2n) is 9.49. The zero-order valence-corrected chi connectivity index (χ0v) is 23.6. The van der Waals surface area contributed by atoms with E-state index in [4.69, 9.17) is 18.9 Å². The fraction of sp³-hybridized carbons (Fsp3) is 0.121. The molecule has 1 N–H and O–H groups in total. The number of methoxy groups -OCH3 is 1. The summed E-state index contributed by atoms with van der Waals surface area (Å²) in [4.78, 5) is 35.9. The van der Waals surface area contributed by atoms with E-state index >= 15 is 0 Å². The molecule has 2 aromatic heterocycles. The van der Waals surface area contributed by atoms with Crippen LogP contribution in [0.4, 0.5) is 5.69 Å². The SMILES string of the molecule is COC(=O)c1ccc(COc2ccccc2/C=C2\SC(=Nc3ccccc3)N(CCc3c[nH]c4ccccc34)C2=O)o1. The van der Waals surface area contributed by atoms with Gasteiger partial charge in [0.1, 0.15) is 18.1 Å². The quantitative estimate of drug-likeness (QED) is 0.150. The van der Waals surface area contributed by atoms with Crippen LogP contribution in [0, 0.1) is 0 Å². The van der Waals surface area contributed by atoms with Gasteiger partial charge in [-0.15, -0.1) is 0 Å². The van der Waals surface area contributed by atoms with Gasteiger partial charge in [0.2, 0.25) is 5.76 Å². The van der Waals surface area contributed by atoms with Crippen molar-refractivity contribution < 1.29 is 23.5 Å². The molecule has 42 heavy (non-hydrogen) atoms. The van der Waals surface area contributed by atoms with E-state index < -0.39 is 5.97 Å². The Balaban J connectivity index is 1.25. The van der Waals surface area contributed by atoms with Crippen molar-refractivity contribution in [3.05, 3.63) is 125 Å². The van der Waals surface area contributed by atoms with Crippen molar-refractivity contribution in [3.8, 4) is 5.75 Å². The fourth-order valence-electron chi connectivity index (χ4n) is 4.66. The number of thioether (sulfide) groups is 1. The number of benzene rings is 3. The van der Waals surface area contributed by atoms with E-state index in [1.54, 1.807) is 17.0 Å². The molecule has 1 aliphatic rings. The van der Waals surface area contributed by atoms with Crippen molar-refractivity contribution in [1.82, 2.24) is 9.88 Å². The third-order valence-electron chi connectivity index (χ3n) is 6.77. The standard InChI is InChI=1S/C33H27N3O5S/c1-39-32(38)29-16-15-25(41-29)21-40-28-14-8-5-9-22(28)19-30-31(37)36(33(42-30)35-24-10-3-2-4-11-24)18-17-23-20-34-27-13-7-6-12-26(23)27/h2-16,19-20,34H,17-18,21H2,1H3/b30-19-,35-33?. The first-order valence-electron chi connectivity index (χ1n) is 13.4. The van der Waals surface area contributed by atoms with Gasteiger partial charge in [0.15, 0.2) is 5.17 Å². The number of fused-ring (bicyclic) bond motifs is 1. The molecule has 0 aliphatic carbocycles. The predicted molar refractivity (Wildman–Crippen MR) is 164 cm³/mol. The molecule has 6 rings (SSSR count). The maximum Gasteiger partial charge on any atom is 0.373 e. The highest BCUT2D eigenvalue weighted by atomic mass is 32.2. The number of ether oxygens (including phenoxy) is 2. The summed E-state index contributed by atoms with van der Waals surface area (Å²) in [5.41, 5.74) is 3.73. The van der Waals surface area contributed by atoms with Crippen LogP contribution in [0.3, 0.4) is 0 Å². The second kappa shape index (κ2) is 12.2. The van der Waals surface area contributed by atoms with E-state index in [2.05, 4.69) is 11.1 Å². The minimum Gasteiger partial charge on any atom is -0.485 e. The van der Waals surface area contributed by atoms with Crippen LogP contribution in [0.2, 0.25) is 0 Å². The number of H-pyrrole nitrogens is 1. The summed E-state index contributed by atoms with van der Waals surface area (Å²) < 4.78 is 16.2. The summed E-state index contributed by atoms with van der Waals surface area (Å²) in [5, 5.41) is 1.78. The molecule has 0 bridgehead atoms. The van der Waals surface area contributed by atoms with Crippen molar-refractivity contribution in [1.29, 1.82) is 0 Å². The van der Waals surface area contributed by atoms with Gasteiger partial charge in [-0.2, -0.15) is 0 Å². The Hall–Kier alpha value is -5.02. The monoisotopic (exact) mass is 577 g/mol.